The molecule has 6 nitrogen and oxygen atoms in total. The summed E-state index contributed by atoms with van der Waals surface area (Å²) in [4.78, 5) is 0.193. The molecule has 2 rings (SSSR count). The lowest BCUT2D eigenvalue weighted by Gasteiger charge is -2.10. The van der Waals surface area contributed by atoms with Crippen molar-refractivity contribution in [3.05, 3.63) is 30.0 Å². The molecule has 0 bridgehead atoms. The van der Waals surface area contributed by atoms with Crippen LogP contribution >= 0.6 is 11.5 Å². The second-order valence-electron chi connectivity index (χ2n) is 3.61. The minimum Gasteiger partial charge on any atom is -0.399 e. The van der Waals surface area contributed by atoms with Crippen LogP contribution in [0.25, 0.3) is 0 Å². The van der Waals surface area contributed by atoms with Crippen LogP contribution in [0.3, 0.4) is 0 Å². The van der Waals surface area contributed by atoms with Gasteiger partial charge in [-0.25, -0.2) is 8.42 Å². The van der Waals surface area contributed by atoms with Crippen molar-refractivity contribution in [1.29, 1.82) is 0 Å². The average molecular weight is 284 g/mol. The summed E-state index contributed by atoms with van der Waals surface area (Å²) in [5, 5.41) is 3.95. The van der Waals surface area contributed by atoms with E-state index in [9.17, 15) is 8.42 Å². The van der Waals surface area contributed by atoms with Crippen molar-refractivity contribution < 1.29 is 8.42 Å². The summed E-state index contributed by atoms with van der Waals surface area (Å²) >= 11 is 0.979. The standard InChI is InChI=1S/C10H12N4O2S2/c1-2-7-3-4-8(11)5-9(7)18(15,16)13-10-6-12-14-17-10/h3-6,13H,2,11H2,1H3. The molecule has 18 heavy (non-hydrogen) atoms. The van der Waals surface area contributed by atoms with Gasteiger partial charge in [-0.3, -0.25) is 4.72 Å². The van der Waals surface area contributed by atoms with Crippen molar-refractivity contribution in [2.24, 2.45) is 0 Å². The second-order valence-corrected chi connectivity index (χ2v) is 6.04. The van der Waals surface area contributed by atoms with Crippen LogP contribution in [-0.2, 0) is 16.4 Å². The van der Waals surface area contributed by atoms with Crippen molar-refractivity contribution in [1.82, 2.24) is 9.59 Å². The molecule has 0 spiro atoms. The summed E-state index contributed by atoms with van der Waals surface area (Å²) in [6.07, 6.45) is 1.97. The summed E-state index contributed by atoms with van der Waals surface area (Å²) < 4.78 is 30.5. The van der Waals surface area contributed by atoms with Gasteiger partial charge in [-0.1, -0.05) is 17.5 Å². The zero-order valence-corrected chi connectivity index (χ0v) is 11.3. The molecule has 2 aromatic rings. The van der Waals surface area contributed by atoms with Crippen LogP contribution in [0.1, 0.15) is 12.5 Å². The Morgan fingerprint density at radius 2 is 2.22 bits per heavy atom. The molecule has 0 fully saturated rings. The van der Waals surface area contributed by atoms with Crippen molar-refractivity contribution >= 4 is 32.2 Å². The number of nitrogens with two attached hydrogens (primary N) is 1. The number of aryl methyl sites for hydroxylation is 1. The lowest BCUT2D eigenvalue weighted by molar-refractivity contribution is 0.600. The van der Waals surface area contributed by atoms with Crippen LogP contribution in [0.4, 0.5) is 10.7 Å². The molecular weight excluding hydrogens is 272 g/mol. The predicted octanol–water partition coefficient (Wildman–Crippen LogP) is 1.48. The minimum absolute atomic E-state index is 0.193. The third-order valence-corrected chi connectivity index (χ3v) is 4.51. The Balaban J connectivity index is 2.43. The maximum atomic E-state index is 12.2. The van der Waals surface area contributed by atoms with Gasteiger partial charge in [-0.2, -0.15) is 0 Å². The number of anilines is 2. The molecular formula is C10H12N4O2S2. The molecule has 96 valence electrons. The maximum absolute atomic E-state index is 12.2. The summed E-state index contributed by atoms with van der Waals surface area (Å²) in [5.74, 6) is 0. The smallest absolute Gasteiger partial charge is 0.262 e. The third kappa shape index (κ3) is 2.59. The zero-order valence-electron chi connectivity index (χ0n) is 9.62. The van der Waals surface area contributed by atoms with Gasteiger partial charge in [-0.15, -0.1) is 5.10 Å². The van der Waals surface area contributed by atoms with Crippen LogP contribution in [0, 0.1) is 0 Å². The maximum Gasteiger partial charge on any atom is 0.262 e. The minimum atomic E-state index is -3.65. The Kier molecular flexibility index (Phi) is 3.48. The first-order valence-electron chi connectivity index (χ1n) is 5.21. The number of rotatable bonds is 4. The van der Waals surface area contributed by atoms with Gasteiger partial charge in [0.05, 0.1) is 11.1 Å². The fourth-order valence-corrected chi connectivity index (χ4v) is 3.54. The predicted molar refractivity (Wildman–Crippen MR) is 70.9 cm³/mol. The van der Waals surface area contributed by atoms with E-state index in [2.05, 4.69) is 14.3 Å². The van der Waals surface area contributed by atoms with Crippen LogP contribution in [0.5, 0.6) is 0 Å². The summed E-state index contributed by atoms with van der Waals surface area (Å²) in [5.41, 5.74) is 6.77. The molecule has 0 aliphatic rings. The van der Waals surface area contributed by atoms with E-state index in [0.29, 0.717) is 22.7 Å². The molecule has 0 aliphatic heterocycles. The Hall–Kier alpha value is -1.67. The number of nitrogens with zero attached hydrogens (tertiary/aromatic N) is 2. The molecule has 1 heterocycles. The largest absolute Gasteiger partial charge is 0.399 e. The van der Waals surface area contributed by atoms with E-state index >= 15 is 0 Å². The van der Waals surface area contributed by atoms with Gasteiger partial charge in [0.2, 0.25) is 0 Å². The highest BCUT2D eigenvalue weighted by Crippen LogP contribution is 2.23. The number of hydrogen-bond acceptors (Lipinski definition) is 6. The molecule has 0 radical (unpaired) electrons. The molecule has 0 unspecified atom stereocenters. The van der Waals surface area contributed by atoms with Crippen molar-refractivity contribution in [3.63, 3.8) is 0 Å². The number of sulfonamides is 1. The summed E-state index contributed by atoms with van der Waals surface area (Å²) in [6.45, 7) is 1.89. The lowest BCUT2D eigenvalue weighted by Crippen LogP contribution is -2.14. The third-order valence-electron chi connectivity index (χ3n) is 2.36. The van der Waals surface area contributed by atoms with Gasteiger partial charge in [0, 0.05) is 17.2 Å². The van der Waals surface area contributed by atoms with Crippen molar-refractivity contribution in [2.45, 2.75) is 18.2 Å². The summed E-state index contributed by atoms with van der Waals surface area (Å²) in [7, 11) is -3.65. The van der Waals surface area contributed by atoms with Gasteiger partial charge in [-0.05, 0) is 24.1 Å². The molecule has 0 amide bonds. The van der Waals surface area contributed by atoms with E-state index in [1.165, 1.54) is 12.3 Å². The average Bonchev–Trinajstić information content (AvgIpc) is 2.81. The van der Waals surface area contributed by atoms with Gasteiger partial charge >= 0.3 is 0 Å². The van der Waals surface area contributed by atoms with E-state index < -0.39 is 10.0 Å². The van der Waals surface area contributed by atoms with E-state index in [1.807, 2.05) is 6.92 Å². The first-order valence-corrected chi connectivity index (χ1v) is 7.47. The van der Waals surface area contributed by atoms with Crippen LogP contribution in [0.15, 0.2) is 29.3 Å². The van der Waals surface area contributed by atoms with E-state index in [1.54, 1.807) is 12.1 Å². The monoisotopic (exact) mass is 284 g/mol. The Labute approximate surface area is 109 Å². The first kappa shape index (κ1) is 12.8. The van der Waals surface area contributed by atoms with Gasteiger partial charge < -0.3 is 5.73 Å². The highest BCUT2D eigenvalue weighted by molar-refractivity contribution is 7.93. The molecule has 0 saturated heterocycles. The van der Waals surface area contributed by atoms with E-state index in [0.717, 1.165) is 11.5 Å². The Bertz CT molecular complexity index is 638. The van der Waals surface area contributed by atoms with Gasteiger partial charge in [0.25, 0.3) is 10.0 Å². The number of nitrogens with one attached hydrogen (secondary N) is 1. The number of hydrogen-bond donors (Lipinski definition) is 2. The number of nitrogen functional groups attached to an aromatic ring is 1. The fourth-order valence-electron chi connectivity index (χ4n) is 1.51. The van der Waals surface area contributed by atoms with Gasteiger partial charge in [0.1, 0.15) is 5.00 Å². The molecule has 0 saturated carbocycles. The second kappa shape index (κ2) is 4.91. The molecule has 1 aromatic heterocycles. The van der Waals surface area contributed by atoms with E-state index in [4.69, 9.17) is 5.73 Å². The topological polar surface area (TPSA) is 98.0 Å². The lowest BCUT2D eigenvalue weighted by atomic mass is 10.1. The van der Waals surface area contributed by atoms with Crippen LogP contribution in [0.2, 0.25) is 0 Å². The first-order chi connectivity index (χ1) is 8.53. The normalized spacial score (nSPS) is 11.4. The molecule has 8 heteroatoms. The Morgan fingerprint density at radius 1 is 1.44 bits per heavy atom. The zero-order chi connectivity index (χ0) is 13.2. The number of aromatic nitrogens is 2. The van der Waals surface area contributed by atoms with Gasteiger partial charge in [0.15, 0.2) is 0 Å². The van der Waals surface area contributed by atoms with Crippen LogP contribution < -0.4 is 10.5 Å². The molecule has 3 N–H and O–H groups in total. The highest BCUT2D eigenvalue weighted by Gasteiger charge is 2.19. The van der Waals surface area contributed by atoms with Crippen molar-refractivity contribution in [2.75, 3.05) is 10.5 Å². The van der Waals surface area contributed by atoms with Crippen LogP contribution in [-0.4, -0.2) is 18.0 Å². The highest BCUT2D eigenvalue weighted by atomic mass is 32.2. The molecule has 0 atom stereocenters. The van der Waals surface area contributed by atoms with E-state index in [-0.39, 0.29) is 4.90 Å². The molecule has 1 aromatic carbocycles. The SMILES string of the molecule is CCc1ccc(N)cc1S(=O)(=O)Nc1cnns1. The Morgan fingerprint density at radius 3 is 2.83 bits per heavy atom. The summed E-state index contributed by atoms with van der Waals surface area (Å²) in [6, 6.07) is 4.86. The molecule has 0 aliphatic carbocycles. The number of benzene rings is 1. The van der Waals surface area contributed by atoms with Crippen molar-refractivity contribution in [3.8, 4) is 0 Å². The quantitative estimate of drug-likeness (QED) is 0.829. The fraction of sp³-hybridized carbons (Fsp3) is 0.200.